The van der Waals surface area contributed by atoms with E-state index in [2.05, 4.69) is 30.4 Å². The number of rotatable bonds is 6. The summed E-state index contributed by atoms with van der Waals surface area (Å²) in [5, 5.41) is 4.53. The summed E-state index contributed by atoms with van der Waals surface area (Å²) in [5.74, 6) is 0.821. The Hall–Kier alpha value is -2.79. The van der Waals surface area contributed by atoms with Crippen LogP contribution in [0.2, 0.25) is 0 Å². The number of hydrogen-bond acceptors (Lipinski definition) is 5. The molecule has 2 aromatic heterocycles. The molecule has 26 heavy (non-hydrogen) atoms. The van der Waals surface area contributed by atoms with Gasteiger partial charge in [-0.25, -0.2) is 15.0 Å². The van der Waals surface area contributed by atoms with Crippen LogP contribution in [0.4, 0.5) is 5.82 Å². The van der Waals surface area contributed by atoms with Gasteiger partial charge in [-0.15, -0.1) is 0 Å². The Morgan fingerprint density at radius 2 is 1.42 bits per heavy atom. The minimum absolute atomic E-state index is 0.821. The van der Waals surface area contributed by atoms with Crippen LogP contribution >= 0.6 is 0 Å². The molecule has 0 radical (unpaired) electrons. The Balaban J connectivity index is 1.76. The predicted molar refractivity (Wildman–Crippen MR) is 109 cm³/mol. The second-order valence-corrected chi connectivity index (χ2v) is 6.82. The molecule has 0 aliphatic heterocycles. The second-order valence-electron chi connectivity index (χ2n) is 6.82. The third-order valence-corrected chi connectivity index (χ3v) is 4.51. The van der Waals surface area contributed by atoms with Crippen LogP contribution in [-0.4, -0.2) is 47.0 Å². The Kier molecular flexibility index (Phi) is 4.63. The molecular weight excluding hydrogens is 322 g/mol. The van der Waals surface area contributed by atoms with E-state index in [4.69, 9.17) is 15.0 Å². The monoisotopic (exact) mass is 345 g/mol. The highest BCUT2D eigenvalue weighted by Gasteiger charge is 2.12. The van der Waals surface area contributed by atoms with E-state index < -0.39 is 0 Å². The summed E-state index contributed by atoms with van der Waals surface area (Å²) in [6, 6.07) is 16.1. The molecule has 0 atom stereocenters. The predicted octanol–water partition coefficient (Wildman–Crippen LogP) is 4.08. The van der Waals surface area contributed by atoms with Crippen LogP contribution < -0.4 is 5.32 Å². The molecule has 2 aromatic carbocycles. The van der Waals surface area contributed by atoms with Crippen molar-refractivity contribution in [2.75, 3.05) is 32.5 Å². The quantitative estimate of drug-likeness (QED) is 0.324. The zero-order chi connectivity index (χ0) is 17.9. The molecule has 0 fully saturated rings. The number of anilines is 1. The number of para-hydroxylation sites is 3. The lowest BCUT2D eigenvalue weighted by Crippen LogP contribution is -2.14. The average Bonchev–Trinajstić information content (AvgIpc) is 2.66. The molecule has 0 spiro atoms. The summed E-state index contributed by atoms with van der Waals surface area (Å²) in [4.78, 5) is 16.8. The van der Waals surface area contributed by atoms with E-state index in [9.17, 15) is 0 Å². The highest BCUT2D eigenvalue weighted by molar-refractivity contribution is 6.08. The fourth-order valence-electron chi connectivity index (χ4n) is 3.18. The van der Waals surface area contributed by atoms with Gasteiger partial charge in [-0.05, 0) is 51.7 Å². The largest absolute Gasteiger partial charge is 0.368 e. The summed E-state index contributed by atoms with van der Waals surface area (Å²) in [7, 11) is 4.21. The van der Waals surface area contributed by atoms with Crippen molar-refractivity contribution in [1.82, 2.24) is 19.9 Å². The summed E-state index contributed by atoms with van der Waals surface area (Å²) < 4.78 is 0. The van der Waals surface area contributed by atoms with Crippen LogP contribution in [0.15, 0.2) is 48.5 Å². The standard InChI is InChI=1S/C21H23N5/c1-26(2)14-8-7-13-22-21-20-19(15-9-3-4-10-16(15)25-21)23-17-11-5-6-12-18(17)24-20/h3-6,9-12H,7-8,13-14H2,1-2H3,(H,22,25). The third kappa shape index (κ3) is 3.30. The van der Waals surface area contributed by atoms with Crippen molar-refractivity contribution in [2.24, 2.45) is 0 Å². The van der Waals surface area contributed by atoms with Gasteiger partial charge in [-0.2, -0.15) is 0 Å². The number of aromatic nitrogens is 3. The molecule has 5 nitrogen and oxygen atoms in total. The van der Waals surface area contributed by atoms with Gasteiger partial charge in [0.1, 0.15) is 11.0 Å². The summed E-state index contributed by atoms with van der Waals surface area (Å²) in [6.07, 6.45) is 2.25. The molecule has 0 amide bonds. The van der Waals surface area contributed by atoms with E-state index in [-0.39, 0.29) is 0 Å². The Morgan fingerprint density at radius 1 is 0.769 bits per heavy atom. The van der Waals surface area contributed by atoms with E-state index in [1.165, 1.54) is 0 Å². The SMILES string of the molecule is CN(C)CCCCNc1nc2ccccc2c2nc3ccccc3nc12. The van der Waals surface area contributed by atoms with Crippen LogP contribution in [0, 0.1) is 0 Å². The van der Waals surface area contributed by atoms with Crippen LogP contribution in [0.25, 0.3) is 33.0 Å². The van der Waals surface area contributed by atoms with Gasteiger partial charge in [0.2, 0.25) is 0 Å². The Morgan fingerprint density at radius 3 is 2.15 bits per heavy atom. The van der Waals surface area contributed by atoms with E-state index in [1.807, 2.05) is 42.5 Å². The fraction of sp³-hybridized carbons (Fsp3) is 0.286. The number of hydrogen-bond donors (Lipinski definition) is 1. The summed E-state index contributed by atoms with van der Waals surface area (Å²) in [6.45, 7) is 1.97. The van der Waals surface area contributed by atoms with Crippen molar-refractivity contribution in [2.45, 2.75) is 12.8 Å². The van der Waals surface area contributed by atoms with Gasteiger partial charge < -0.3 is 10.2 Å². The lowest BCUT2D eigenvalue weighted by atomic mass is 10.1. The highest BCUT2D eigenvalue weighted by Crippen LogP contribution is 2.28. The van der Waals surface area contributed by atoms with E-state index in [1.54, 1.807) is 0 Å². The number of fused-ring (bicyclic) bond motifs is 4. The topological polar surface area (TPSA) is 53.9 Å². The first-order valence-electron chi connectivity index (χ1n) is 9.06. The lowest BCUT2D eigenvalue weighted by molar-refractivity contribution is 0.396. The second kappa shape index (κ2) is 7.22. The van der Waals surface area contributed by atoms with Gasteiger partial charge >= 0.3 is 0 Å². The van der Waals surface area contributed by atoms with Crippen molar-refractivity contribution < 1.29 is 0 Å². The molecule has 132 valence electrons. The van der Waals surface area contributed by atoms with Gasteiger partial charge in [0.15, 0.2) is 5.82 Å². The zero-order valence-electron chi connectivity index (χ0n) is 15.2. The summed E-state index contributed by atoms with van der Waals surface area (Å²) >= 11 is 0. The first kappa shape index (κ1) is 16.7. The first-order chi connectivity index (χ1) is 12.7. The van der Waals surface area contributed by atoms with Crippen molar-refractivity contribution in [3.05, 3.63) is 48.5 Å². The molecule has 1 N–H and O–H groups in total. The average molecular weight is 345 g/mol. The van der Waals surface area contributed by atoms with Gasteiger partial charge in [0, 0.05) is 11.9 Å². The third-order valence-electron chi connectivity index (χ3n) is 4.51. The molecular formula is C21H23N5. The molecule has 0 aliphatic carbocycles. The summed E-state index contributed by atoms with van der Waals surface area (Å²) in [5.41, 5.74) is 4.50. The maximum Gasteiger partial charge on any atom is 0.154 e. The minimum Gasteiger partial charge on any atom is -0.368 e. The Bertz CT molecular complexity index is 1060. The molecule has 0 aliphatic rings. The van der Waals surface area contributed by atoms with Crippen molar-refractivity contribution in [1.29, 1.82) is 0 Å². The van der Waals surface area contributed by atoms with Gasteiger partial charge in [-0.1, -0.05) is 30.3 Å². The normalized spacial score (nSPS) is 11.7. The number of nitrogens with one attached hydrogen (secondary N) is 1. The zero-order valence-corrected chi connectivity index (χ0v) is 15.2. The van der Waals surface area contributed by atoms with Crippen LogP contribution in [-0.2, 0) is 0 Å². The minimum atomic E-state index is 0.821. The molecule has 2 heterocycles. The fourth-order valence-corrected chi connectivity index (χ4v) is 3.18. The number of benzene rings is 2. The van der Waals surface area contributed by atoms with Crippen molar-refractivity contribution in [3.63, 3.8) is 0 Å². The van der Waals surface area contributed by atoms with E-state index in [0.29, 0.717) is 0 Å². The smallest absolute Gasteiger partial charge is 0.154 e. The first-order valence-corrected chi connectivity index (χ1v) is 9.06. The molecule has 4 rings (SSSR count). The number of nitrogens with zero attached hydrogens (tertiary/aromatic N) is 4. The number of unbranched alkanes of at least 4 members (excludes halogenated alkanes) is 1. The maximum absolute atomic E-state index is 4.88. The van der Waals surface area contributed by atoms with Gasteiger partial charge in [0.05, 0.1) is 16.6 Å². The molecule has 0 bridgehead atoms. The van der Waals surface area contributed by atoms with Crippen LogP contribution in [0.1, 0.15) is 12.8 Å². The van der Waals surface area contributed by atoms with Gasteiger partial charge in [0.25, 0.3) is 0 Å². The molecule has 0 unspecified atom stereocenters. The van der Waals surface area contributed by atoms with E-state index in [0.717, 1.165) is 64.7 Å². The van der Waals surface area contributed by atoms with Crippen LogP contribution in [0.5, 0.6) is 0 Å². The molecule has 0 saturated heterocycles. The van der Waals surface area contributed by atoms with Crippen molar-refractivity contribution >= 4 is 38.8 Å². The van der Waals surface area contributed by atoms with Crippen LogP contribution in [0.3, 0.4) is 0 Å². The number of pyridine rings is 1. The molecule has 5 heteroatoms. The van der Waals surface area contributed by atoms with Crippen molar-refractivity contribution in [3.8, 4) is 0 Å². The lowest BCUT2D eigenvalue weighted by Gasteiger charge is -2.12. The molecule has 4 aromatic rings. The molecule has 0 saturated carbocycles. The highest BCUT2D eigenvalue weighted by atomic mass is 15.1. The van der Waals surface area contributed by atoms with E-state index >= 15 is 0 Å². The van der Waals surface area contributed by atoms with Gasteiger partial charge in [-0.3, -0.25) is 0 Å². The maximum atomic E-state index is 4.88. The Labute approximate surface area is 153 Å².